The second-order valence-corrected chi connectivity index (χ2v) is 6.37. The Morgan fingerprint density at radius 3 is 2.83 bits per heavy atom. The van der Waals surface area contributed by atoms with Crippen LogP contribution in [-0.4, -0.2) is 33.7 Å². The van der Waals surface area contributed by atoms with Gasteiger partial charge < -0.3 is 19.0 Å². The molecule has 2 heterocycles. The second-order valence-electron chi connectivity index (χ2n) is 5.96. The largest absolute Gasteiger partial charge is 0.481 e. The Hall–Kier alpha value is -1.96. The van der Waals surface area contributed by atoms with E-state index in [0.29, 0.717) is 35.4 Å². The van der Waals surface area contributed by atoms with E-state index in [1.165, 1.54) is 0 Å². The average molecular weight is 353 g/mol. The van der Waals surface area contributed by atoms with Crippen molar-refractivity contribution >= 4 is 17.6 Å². The molecule has 0 radical (unpaired) electrons. The van der Waals surface area contributed by atoms with Crippen LogP contribution in [0, 0.1) is 0 Å². The maximum absolute atomic E-state index is 10.6. The van der Waals surface area contributed by atoms with Gasteiger partial charge in [0.15, 0.2) is 11.9 Å². The molecule has 1 aromatic carbocycles. The van der Waals surface area contributed by atoms with Crippen LogP contribution in [0.5, 0.6) is 0 Å². The Balaban J connectivity index is 1.75. The lowest BCUT2D eigenvalue weighted by Crippen LogP contribution is -2.19. The number of aryl methyl sites for hydroxylation is 1. The van der Waals surface area contributed by atoms with Gasteiger partial charge in [0.25, 0.3) is 0 Å². The first-order valence-electron chi connectivity index (χ1n) is 7.50. The summed E-state index contributed by atoms with van der Waals surface area (Å²) in [7, 11) is 0. The molecule has 1 aliphatic heterocycles. The van der Waals surface area contributed by atoms with E-state index in [9.17, 15) is 4.79 Å². The van der Waals surface area contributed by atoms with Crippen LogP contribution in [0.1, 0.15) is 37.8 Å². The zero-order valence-corrected chi connectivity index (χ0v) is 14.0. The average Bonchev–Trinajstić information content (AvgIpc) is 3.12. The van der Waals surface area contributed by atoms with E-state index in [-0.39, 0.29) is 6.42 Å². The van der Waals surface area contributed by atoms with Crippen molar-refractivity contribution < 1.29 is 23.8 Å². The lowest BCUT2D eigenvalue weighted by molar-refractivity contribution is -0.141. The first-order valence-corrected chi connectivity index (χ1v) is 7.87. The van der Waals surface area contributed by atoms with Gasteiger partial charge in [-0.25, -0.2) is 0 Å². The van der Waals surface area contributed by atoms with Crippen molar-refractivity contribution in [1.29, 1.82) is 0 Å². The third-order valence-corrected chi connectivity index (χ3v) is 3.98. The smallest absolute Gasteiger partial charge is 0.303 e. The number of rotatable bonds is 5. The monoisotopic (exact) mass is 352 g/mol. The molecule has 0 amide bonds. The molecular formula is C16H17ClN2O5. The van der Waals surface area contributed by atoms with Crippen LogP contribution < -0.4 is 0 Å². The molecule has 1 atom stereocenters. The summed E-state index contributed by atoms with van der Waals surface area (Å²) >= 11 is 6.21. The van der Waals surface area contributed by atoms with E-state index >= 15 is 0 Å². The third-order valence-electron chi connectivity index (χ3n) is 3.63. The van der Waals surface area contributed by atoms with Crippen LogP contribution in [-0.2, 0) is 20.7 Å². The fourth-order valence-corrected chi connectivity index (χ4v) is 2.69. The highest BCUT2D eigenvalue weighted by atomic mass is 35.5. The molecular weight excluding hydrogens is 336 g/mol. The van der Waals surface area contributed by atoms with Gasteiger partial charge >= 0.3 is 5.97 Å². The van der Waals surface area contributed by atoms with Gasteiger partial charge in [0.05, 0.1) is 6.61 Å². The molecule has 3 rings (SSSR count). The number of benzene rings is 1. The normalized spacial score (nSPS) is 19.5. The first-order chi connectivity index (χ1) is 11.3. The molecule has 1 aliphatic rings. The molecule has 24 heavy (non-hydrogen) atoms. The maximum atomic E-state index is 10.6. The second kappa shape index (κ2) is 6.51. The van der Waals surface area contributed by atoms with Crippen molar-refractivity contribution in [2.75, 3.05) is 6.61 Å². The number of halogens is 1. The molecule has 0 bridgehead atoms. The summed E-state index contributed by atoms with van der Waals surface area (Å²) in [6, 6.07) is 5.23. The number of carboxylic acids is 1. The quantitative estimate of drug-likeness (QED) is 0.882. The van der Waals surface area contributed by atoms with Gasteiger partial charge in [0, 0.05) is 17.0 Å². The van der Waals surface area contributed by atoms with Crippen LogP contribution in [0.4, 0.5) is 0 Å². The van der Waals surface area contributed by atoms with Crippen LogP contribution in [0.2, 0.25) is 5.02 Å². The van der Waals surface area contributed by atoms with E-state index in [0.717, 1.165) is 5.56 Å². The maximum Gasteiger partial charge on any atom is 0.303 e. The van der Waals surface area contributed by atoms with Crippen LogP contribution in [0.15, 0.2) is 22.6 Å². The summed E-state index contributed by atoms with van der Waals surface area (Å²) in [6.07, 6.45) is -0.00341. The van der Waals surface area contributed by atoms with Crippen molar-refractivity contribution in [2.45, 2.75) is 38.6 Å². The van der Waals surface area contributed by atoms with Gasteiger partial charge in [-0.1, -0.05) is 17.7 Å². The predicted octanol–water partition coefficient (Wildman–Crippen LogP) is 3.23. The highest BCUT2D eigenvalue weighted by Gasteiger charge is 2.36. The number of aliphatic carboxylic acids is 1. The summed E-state index contributed by atoms with van der Waals surface area (Å²) in [6.45, 7) is 3.99. The number of hydrogen-bond acceptors (Lipinski definition) is 6. The number of ether oxygens (including phenoxy) is 2. The first kappa shape index (κ1) is 16.9. The number of hydrogen-bond donors (Lipinski definition) is 1. The molecule has 0 unspecified atom stereocenters. The Labute approximate surface area is 143 Å². The third kappa shape index (κ3) is 3.75. The number of carbonyl (C=O) groups is 1. The minimum absolute atomic E-state index is 0.0264. The number of carboxylic acid groups (broad SMARTS) is 1. The minimum Gasteiger partial charge on any atom is -0.481 e. The topological polar surface area (TPSA) is 94.7 Å². The Kier molecular flexibility index (Phi) is 4.58. The standard InChI is InChI=1S/C16H17ClN2O5/c1-16(2)22-8-12(24-16)15-19-18-14(23-15)10-4-3-9(11(17)7-10)5-6-13(20)21/h3-4,7,12H,5-6,8H2,1-2H3,(H,20,21)/t12-/m1/s1. The van der Waals surface area contributed by atoms with Gasteiger partial charge in [-0.3, -0.25) is 4.79 Å². The summed E-state index contributed by atoms with van der Waals surface area (Å²) in [4.78, 5) is 10.6. The van der Waals surface area contributed by atoms with Crippen LogP contribution in [0.3, 0.4) is 0 Å². The van der Waals surface area contributed by atoms with Crippen molar-refractivity contribution in [3.05, 3.63) is 34.7 Å². The fourth-order valence-electron chi connectivity index (χ4n) is 2.41. The van der Waals surface area contributed by atoms with Gasteiger partial charge in [0.1, 0.15) is 0 Å². The molecule has 0 aliphatic carbocycles. The molecule has 1 fully saturated rings. The van der Waals surface area contributed by atoms with Crippen molar-refractivity contribution in [3.63, 3.8) is 0 Å². The highest BCUT2D eigenvalue weighted by Crippen LogP contribution is 2.33. The molecule has 1 N–H and O–H groups in total. The van der Waals surface area contributed by atoms with Crippen LogP contribution >= 0.6 is 11.6 Å². The molecule has 0 saturated carbocycles. The Bertz CT molecular complexity index is 759. The molecule has 2 aromatic rings. The zero-order valence-electron chi connectivity index (χ0n) is 13.3. The molecule has 0 spiro atoms. The van der Waals surface area contributed by atoms with Gasteiger partial charge in [-0.05, 0) is 38.0 Å². The lowest BCUT2D eigenvalue weighted by atomic mass is 10.1. The van der Waals surface area contributed by atoms with Crippen LogP contribution in [0.25, 0.3) is 11.5 Å². The molecule has 1 aromatic heterocycles. The van der Waals surface area contributed by atoms with Crippen molar-refractivity contribution in [2.24, 2.45) is 0 Å². The summed E-state index contributed by atoms with van der Waals surface area (Å²) < 4.78 is 16.8. The van der Waals surface area contributed by atoms with Gasteiger partial charge in [0.2, 0.25) is 11.8 Å². The van der Waals surface area contributed by atoms with E-state index < -0.39 is 17.9 Å². The fraction of sp³-hybridized carbons (Fsp3) is 0.438. The molecule has 7 nitrogen and oxygen atoms in total. The van der Waals surface area contributed by atoms with E-state index in [1.807, 2.05) is 13.8 Å². The molecule has 128 valence electrons. The predicted molar refractivity (Wildman–Crippen MR) is 84.6 cm³/mol. The van der Waals surface area contributed by atoms with E-state index in [2.05, 4.69) is 10.2 Å². The Morgan fingerprint density at radius 1 is 1.42 bits per heavy atom. The highest BCUT2D eigenvalue weighted by molar-refractivity contribution is 6.31. The summed E-state index contributed by atoms with van der Waals surface area (Å²) in [5.41, 5.74) is 1.42. The summed E-state index contributed by atoms with van der Waals surface area (Å²) in [5, 5.41) is 17.2. The van der Waals surface area contributed by atoms with Crippen molar-refractivity contribution in [3.8, 4) is 11.5 Å². The molecule has 1 saturated heterocycles. The van der Waals surface area contributed by atoms with Crippen molar-refractivity contribution in [1.82, 2.24) is 10.2 Å². The van der Waals surface area contributed by atoms with Gasteiger partial charge in [-0.15, -0.1) is 10.2 Å². The molecule has 8 heteroatoms. The summed E-state index contributed by atoms with van der Waals surface area (Å²) in [5.74, 6) is -0.862. The van der Waals surface area contributed by atoms with Gasteiger partial charge in [-0.2, -0.15) is 0 Å². The Morgan fingerprint density at radius 2 is 2.21 bits per heavy atom. The minimum atomic E-state index is -0.863. The zero-order chi connectivity index (χ0) is 17.3. The lowest BCUT2D eigenvalue weighted by Gasteiger charge is -2.15. The van der Waals surface area contributed by atoms with E-state index in [4.69, 9.17) is 30.6 Å². The SMILES string of the molecule is CC1(C)OC[C@H](c2nnc(-c3ccc(CCC(=O)O)c(Cl)c3)o2)O1. The number of nitrogens with zero attached hydrogens (tertiary/aromatic N) is 2. The van der Waals surface area contributed by atoms with E-state index in [1.54, 1.807) is 18.2 Å². The number of aromatic nitrogens is 2.